The van der Waals surface area contributed by atoms with Gasteiger partial charge in [-0.2, -0.15) is 10.1 Å². The van der Waals surface area contributed by atoms with E-state index in [9.17, 15) is 18.4 Å². The SMILES string of the molecule is COc1ccc(C2=NN(C3=NC(=O)[C@H](CC(=O)Nc4ccc(F)cc4)S3)[C@@H](c3ccc(F)cc3)C2)cc1. The fraction of sp³-hybridized carbons (Fsp3) is 0.185. The number of nitrogens with zero attached hydrogens (tertiary/aromatic N) is 3. The number of carbonyl (C=O) groups is 2. The van der Waals surface area contributed by atoms with Crippen LogP contribution in [0.15, 0.2) is 82.9 Å². The summed E-state index contributed by atoms with van der Waals surface area (Å²) in [6, 6.07) is 18.7. The van der Waals surface area contributed by atoms with Crippen molar-refractivity contribution >= 4 is 40.1 Å². The Morgan fingerprint density at radius 2 is 1.68 bits per heavy atom. The fourth-order valence-electron chi connectivity index (χ4n) is 4.11. The van der Waals surface area contributed by atoms with Crippen molar-refractivity contribution in [1.29, 1.82) is 0 Å². The summed E-state index contributed by atoms with van der Waals surface area (Å²) >= 11 is 1.17. The zero-order chi connectivity index (χ0) is 25.9. The van der Waals surface area contributed by atoms with Gasteiger partial charge in [0.25, 0.3) is 5.91 Å². The van der Waals surface area contributed by atoms with Crippen LogP contribution >= 0.6 is 11.8 Å². The van der Waals surface area contributed by atoms with Crippen molar-refractivity contribution in [2.75, 3.05) is 12.4 Å². The first-order valence-corrected chi connectivity index (χ1v) is 12.4. The van der Waals surface area contributed by atoms with Crippen LogP contribution in [0.4, 0.5) is 14.5 Å². The molecular weight excluding hydrogens is 498 g/mol. The molecule has 2 atom stereocenters. The molecule has 0 fully saturated rings. The zero-order valence-electron chi connectivity index (χ0n) is 19.7. The molecule has 2 aliphatic rings. The Kier molecular flexibility index (Phi) is 7.00. The first kappa shape index (κ1) is 24.6. The lowest BCUT2D eigenvalue weighted by Crippen LogP contribution is -2.25. The van der Waals surface area contributed by atoms with E-state index in [-0.39, 0.29) is 24.2 Å². The number of hydrogen-bond acceptors (Lipinski definition) is 6. The summed E-state index contributed by atoms with van der Waals surface area (Å²) in [5.41, 5.74) is 2.93. The second-order valence-corrected chi connectivity index (χ2v) is 9.66. The minimum Gasteiger partial charge on any atom is -0.497 e. The van der Waals surface area contributed by atoms with E-state index in [0.29, 0.717) is 17.3 Å². The van der Waals surface area contributed by atoms with Crippen LogP contribution in [-0.4, -0.2) is 40.1 Å². The molecule has 0 unspecified atom stereocenters. The van der Waals surface area contributed by atoms with E-state index in [4.69, 9.17) is 9.84 Å². The van der Waals surface area contributed by atoms with Crippen LogP contribution in [0.5, 0.6) is 5.75 Å². The van der Waals surface area contributed by atoms with Gasteiger partial charge >= 0.3 is 0 Å². The van der Waals surface area contributed by atoms with E-state index in [1.165, 1.54) is 48.2 Å². The number of anilines is 1. The van der Waals surface area contributed by atoms with Crippen molar-refractivity contribution in [2.45, 2.75) is 24.1 Å². The highest BCUT2D eigenvalue weighted by atomic mass is 32.2. The summed E-state index contributed by atoms with van der Waals surface area (Å²) in [6.45, 7) is 0. The molecule has 10 heteroatoms. The van der Waals surface area contributed by atoms with E-state index in [1.807, 2.05) is 24.3 Å². The van der Waals surface area contributed by atoms with Crippen molar-refractivity contribution < 1.29 is 23.1 Å². The Labute approximate surface area is 216 Å². The topological polar surface area (TPSA) is 83.4 Å². The Hall–Kier alpha value is -4.05. The molecule has 7 nitrogen and oxygen atoms in total. The van der Waals surface area contributed by atoms with Crippen LogP contribution in [0.2, 0.25) is 0 Å². The monoisotopic (exact) mass is 520 g/mol. The summed E-state index contributed by atoms with van der Waals surface area (Å²) in [4.78, 5) is 29.4. The third kappa shape index (κ3) is 5.54. The van der Waals surface area contributed by atoms with Crippen molar-refractivity contribution in [1.82, 2.24) is 5.01 Å². The van der Waals surface area contributed by atoms with Gasteiger partial charge in [-0.1, -0.05) is 23.9 Å². The molecule has 0 radical (unpaired) electrons. The maximum absolute atomic E-state index is 13.6. The molecule has 2 heterocycles. The average Bonchev–Trinajstić information content (AvgIpc) is 3.50. The first-order chi connectivity index (χ1) is 17.9. The maximum Gasteiger partial charge on any atom is 0.262 e. The highest BCUT2D eigenvalue weighted by Gasteiger charge is 2.39. The number of halogens is 2. The first-order valence-electron chi connectivity index (χ1n) is 11.5. The lowest BCUT2D eigenvalue weighted by molar-refractivity contribution is -0.121. The molecule has 3 aromatic rings. The van der Waals surface area contributed by atoms with E-state index < -0.39 is 17.0 Å². The highest BCUT2D eigenvalue weighted by molar-refractivity contribution is 8.15. The lowest BCUT2D eigenvalue weighted by atomic mass is 9.98. The lowest BCUT2D eigenvalue weighted by Gasteiger charge is -2.23. The second-order valence-electron chi connectivity index (χ2n) is 8.49. The van der Waals surface area contributed by atoms with E-state index >= 15 is 0 Å². The van der Waals surface area contributed by atoms with Gasteiger partial charge in [0.05, 0.1) is 18.9 Å². The molecule has 0 aliphatic carbocycles. The van der Waals surface area contributed by atoms with Crippen LogP contribution in [0.3, 0.4) is 0 Å². The summed E-state index contributed by atoms with van der Waals surface area (Å²) < 4.78 is 32.0. The summed E-state index contributed by atoms with van der Waals surface area (Å²) in [6.07, 6.45) is 0.416. The quantitative estimate of drug-likeness (QED) is 0.486. The standard InChI is InChI=1S/C27H22F2N4O3S/c1-36-21-12-4-16(5-13-21)22-14-23(17-2-6-18(28)7-3-17)33(32-22)27-31-26(35)24(37-27)15-25(34)30-20-10-8-19(29)9-11-20/h2-13,23-24H,14-15H2,1H3,(H,30,34)/t23-,24+/m1/s1. The largest absolute Gasteiger partial charge is 0.497 e. The molecule has 0 spiro atoms. The molecule has 0 bridgehead atoms. The number of benzene rings is 3. The van der Waals surface area contributed by atoms with Gasteiger partial charge in [-0.05, 0) is 71.8 Å². The van der Waals surface area contributed by atoms with Gasteiger partial charge in [-0.15, -0.1) is 0 Å². The summed E-state index contributed by atoms with van der Waals surface area (Å²) in [5, 5.41) is 8.78. The number of hydrazone groups is 1. The van der Waals surface area contributed by atoms with Gasteiger partial charge in [0, 0.05) is 18.5 Å². The third-order valence-electron chi connectivity index (χ3n) is 6.01. The number of nitrogens with one attached hydrogen (secondary N) is 1. The molecule has 0 saturated carbocycles. The number of rotatable bonds is 6. The number of ether oxygens (including phenoxy) is 1. The number of amidine groups is 1. The van der Waals surface area contributed by atoms with Gasteiger partial charge in [0.2, 0.25) is 5.91 Å². The molecule has 0 saturated heterocycles. The second kappa shape index (κ2) is 10.5. The third-order valence-corrected chi connectivity index (χ3v) is 7.15. The van der Waals surface area contributed by atoms with Gasteiger partial charge in [0.1, 0.15) is 22.6 Å². The van der Waals surface area contributed by atoms with Crippen molar-refractivity contribution in [2.24, 2.45) is 10.1 Å². The Morgan fingerprint density at radius 3 is 2.32 bits per heavy atom. The predicted octanol–water partition coefficient (Wildman–Crippen LogP) is 5.15. The minimum atomic E-state index is -0.718. The Balaban J connectivity index is 1.35. The number of aliphatic imine (C=N–C) groups is 1. The molecule has 5 rings (SSSR count). The molecular formula is C27H22F2N4O3S. The van der Waals surface area contributed by atoms with Crippen molar-refractivity contribution in [3.63, 3.8) is 0 Å². The predicted molar refractivity (Wildman–Crippen MR) is 139 cm³/mol. The van der Waals surface area contributed by atoms with Gasteiger partial charge < -0.3 is 10.1 Å². The molecule has 37 heavy (non-hydrogen) atoms. The zero-order valence-corrected chi connectivity index (χ0v) is 20.5. The summed E-state index contributed by atoms with van der Waals surface area (Å²) in [7, 11) is 1.59. The van der Waals surface area contributed by atoms with Gasteiger partial charge in [-0.3, -0.25) is 9.59 Å². The van der Waals surface area contributed by atoms with E-state index in [1.54, 1.807) is 24.3 Å². The van der Waals surface area contributed by atoms with Crippen LogP contribution in [0.1, 0.15) is 30.0 Å². The fourth-order valence-corrected chi connectivity index (χ4v) is 5.17. The molecule has 2 aliphatic heterocycles. The molecule has 1 N–H and O–H groups in total. The average molecular weight is 521 g/mol. The molecule has 3 aromatic carbocycles. The van der Waals surface area contributed by atoms with Crippen LogP contribution in [0.25, 0.3) is 0 Å². The molecule has 188 valence electrons. The highest BCUT2D eigenvalue weighted by Crippen LogP contribution is 2.38. The smallest absolute Gasteiger partial charge is 0.262 e. The number of amides is 2. The number of methoxy groups -OCH3 is 1. The maximum atomic E-state index is 13.6. The van der Waals surface area contributed by atoms with E-state index in [0.717, 1.165) is 22.6 Å². The van der Waals surface area contributed by atoms with Crippen LogP contribution < -0.4 is 10.1 Å². The Morgan fingerprint density at radius 1 is 1.03 bits per heavy atom. The molecule has 0 aromatic heterocycles. The van der Waals surface area contributed by atoms with Crippen LogP contribution in [-0.2, 0) is 9.59 Å². The summed E-state index contributed by atoms with van der Waals surface area (Å²) in [5.74, 6) is -0.849. The normalized spacial score (nSPS) is 19.0. The number of carbonyl (C=O) groups excluding carboxylic acids is 2. The molecule has 2 amide bonds. The van der Waals surface area contributed by atoms with Crippen molar-refractivity contribution in [3.8, 4) is 5.75 Å². The van der Waals surface area contributed by atoms with Gasteiger partial charge in [0.15, 0.2) is 5.17 Å². The van der Waals surface area contributed by atoms with Gasteiger partial charge in [-0.25, -0.2) is 13.8 Å². The van der Waals surface area contributed by atoms with Crippen molar-refractivity contribution in [3.05, 3.63) is 95.6 Å². The Bertz CT molecular complexity index is 1380. The minimum absolute atomic E-state index is 0.0992. The number of hydrogen-bond donors (Lipinski definition) is 1. The number of thioether (sulfide) groups is 1. The van der Waals surface area contributed by atoms with E-state index in [2.05, 4.69) is 10.3 Å². The van der Waals surface area contributed by atoms with Crippen LogP contribution in [0, 0.1) is 11.6 Å².